The zero-order chi connectivity index (χ0) is 12.1. The van der Waals surface area contributed by atoms with E-state index in [2.05, 4.69) is 15.5 Å². The first-order valence-corrected chi connectivity index (χ1v) is 6.49. The SMILES string of the molecule is COC1(CNC(=O)CN2CCNCC2)CCC1. The molecule has 2 fully saturated rings. The van der Waals surface area contributed by atoms with Gasteiger partial charge in [-0.25, -0.2) is 0 Å². The minimum atomic E-state index is -0.0703. The van der Waals surface area contributed by atoms with Crippen LogP contribution in [0.1, 0.15) is 19.3 Å². The summed E-state index contributed by atoms with van der Waals surface area (Å²) in [5.41, 5.74) is -0.0703. The number of nitrogens with one attached hydrogen (secondary N) is 2. The number of piperazine rings is 1. The number of nitrogens with zero attached hydrogens (tertiary/aromatic N) is 1. The smallest absolute Gasteiger partial charge is 0.234 e. The maximum Gasteiger partial charge on any atom is 0.234 e. The highest BCUT2D eigenvalue weighted by Crippen LogP contribution is 2.34. The fraction of sp³-hybridized carbons (Fsp3) is 0.917. The van der Waals surface area contributed by atoms with Gasteiger partial charge in [0, 0.05) is 39.8 Å². The van der Waals surface area contributed by atoms with Crippen molar-refractivity contribution in [2.24, 2.45) is 0 Å². The second kappa shape index (κ2) is 5.80. The normalized spacial score (nSPS) is 24.1. The maximum atomic E-state index is 11.8. The quantitative estimate of drug-likeness (QED) is 0.686. The molecule has 1 heterocycles. The number of amides is 1. The second-order valence-electron chi connectivity index (χ2n) is 5.04. The highest BCUT2D eigenvalue weighted by molar-refractivity contribution is 5.78. The van der Waals surface area contributed by atoms with Gasteiger partial charge < -0.3 is 15.4 Å². The topological polar surface area (TPSA) is 53.6 Å². The van der Waals surface area contributed by atoms with Gasteiger partial charge in [-0.3, -0.25) is 9.69 Å². The first-order chi connectivity index (χ1) is 8.24. The first-order valence-electron chi connectivity index (χ1n) is 6.49. The van der Waals surface area contributed by atoms with Gasteiger partial charge in [-0.15, -0.1) is 0 Å². The third-order valence-electron chi connectivity index (χ3n) is 3.88. The Morgan fingerprint density at radius 3 is 2.65 bits per heavy atom. The van der Waals surface area contributed by atoms with Gasteiger partial charge in [-0.1, -0.05) is 0 Å². The molecule has 0 radical (unpaired) electrons. The maximum absolute atomic E-state index is 11.8. The molecule has 5 heteroatoms. The number of carbonyl (C=O) groups excluding carboxylic acids is 1. The van der Waals surface area contributed by atoms with Crippen LogP contribution >= 0.6 is 0 Å². The van der Waals surface area contributed by atoms with Gasteiger partial charge in [0.25, 0.3) is 0 Å². The Hall–Kier alpha value is -0.650. The van der Waals surface area contributed by atoms with Gasteiger partial charge >= 0.3 is 0 Å². The lowest BCUT2D eigenvalue weighted by Gasteiger charge is -2.40. The number of rotatable bonds is 5. The highest BCUT2D eigenvalue weighted by atomic mass is 16.5. The van der Waals surface area contributed by atoms with Crippen molar-refractivity contribution in [3.63, 3.8) is 0 Å². The molecule has 5 nitrogen and oxygen atoms in total. The lowest BCUT2D eigenvalue weighted by Crippen LogP contribution is -2.52. The van der Waals surface area contributed by atoms with Gasteiger partial charge in [0.2, 0.25) is 5.91 Å². The molecule has 1 aliphatic carbocycles. The molecule has 1 aliphatic heterocycles. The summed E-state index contributed by atoms with van der Waals surface area (Å²) in [7, 11) is 1.74. The zero-order valence-corrected chi connectivity index (χ0v) is 10.6. The number of hydrogen-bond acceptors (Lipinski definition) is 4. The van der Waals surface area contributed by atoms with E-state index < -0.39 is 0 Å². The van der Waals surface area contributed by atoms with Crippen LogP contribution in [0.3, 0.4) is 0 Å². The molecule has 1 amide bonds. The molecule has 17 heavy (non-hydrogen) atoms. The van der Waals surface area contributed by atoms with Gasteiger partial charge in [-0.05, 0) is 19.3 Å². The third kappa shape index (κ3) is 3.40. The average molecular weight is 241 g/mol. The van der Waals surface area contributed by atoms with Crippen molar-refractivity contribution >= 4 is 5.91 Å². The number of carbonyl (C=O) groups is 1. The first kappa shape index (κ1) is 12.8. The summed E-state index contributed by atoms with van der Waals surface area (Å²) in [6.07, 6.45) is 3.34. The van der Waals surface area contributed by atoms with Gasteiger partial charge in [-0.2, -0.15) is 0 Å². The minimum absolute atomic E-state index is 0.0703. The molecule has 0 aromatic rings. The molecule has 1 saturated heterocycles. The van der Waals surface area contributed by atoms with Crippen LogP contribution in [0, 0.1) is 0 Å². The summed E-state index contributed by atoms with van der Waals surface area (Å²) >= 11 is 0. The monoisotopic (exact) mass is 241 g/mol. The Morgan fingerprint density at radius 1 is 1.41 bits per heavy atom. The minimum Gasteiger partial charge on any atom is -0.376 e. The van der Waals surface area contributed by atoms with E-state index >= 15 is 0 Å². The van der Waals surface area contributed by atoms with E-state index in [-0.39, 0.29) is 11.5 Å². The Balaban J connectivity index is 1.66. The van der Waals surface area contributed by atoms with Gasteiger partial charge in [0.1, 0.15) is 0 Å². The summed E-state index contributed by atoms with van der Waals surface area (Å²) in [5.74, 6) is 0.121. The Morgan fingerprint density at radius 2 is 2.12 bits per heavy atom. The standard InChI is InChI=1S/C12H23N3O2/c1-17-12(3-2-4-12)10-14-11(16)9-15-7-5-13-6-8-15/h13H,2-10H2,1H3,(H,14,16). The predicted octanol–water partition coefficient (Wildman–Crippen LogP) is -0.423. The van der Waals surface area contributed by atoms with Crippen LogP contribution in [0.25, 0.3) is 0 Å². The molecule has 0 aromatic heterocycles. The Kier molecular flexibility index (Phi) is 4.36. The van der Waals surface area contributed by atoms with E-state index in [1.807, 2.05) is 0 Å². The molecule has 2 rings (SSSR count). The molecule has 0 bridgehead atoms. The average Bonchev–Trinajstić information content (AvgIpc) is 2.29. The molecule has 1 saturated carbocycles. The summed E-state index contributed by atoms with van der Waals surface area (Å²) in [5, 5.41) is 6.28. The van der Waals surface area contributed by atoms with E-state index in [1.165, 1.54) is 6.42 Å². The van der Waals surface area contributed by atoms with Crippen LogP contribution in [-0.4, -0.2) is 62.8 Å². The van der Waals surface area contributed by atoms with Crippen LogP contribution in [0.15, 0.2) is 0 Å². The van der Waals surface area contributed by atoms with Crippen molar-refractivity contribution in [1.29, 1.82) is 0 Å². The van der Waals surface area contributed by atoms with Crippen LogP contribution in [0.5, 0.6) is 0 Å². The number of hydrogen-bond donors (Lipinski definition) is 2. The molecular weight excluding hydrogens is 218 g/mol. The fourth-order valence-corrected chi connectivity index (χ4v) is 2.41. The highest BCUT2D eigenvalue weighted by Gasteiger charge is 2.37. The van der Waals surface area contributed by atoms with Crippen LogP contribution in [-0.2, 0) is 9.53 Å². The van der Waals surface area contributed by atoms with E-state index in [9.17, 15) is 4.79 Å². The van der Waals surface area contributed by atoms with E-state index in [0.717, 1.165) is 39.0 Å². The third-order valence-corrected chi connectivity index (χ3v) is 3.88. The van der Waals surface area contributed by atoms with Crippen molar-refractivity contribution in [1.82, 2.24) is 15.5 Å². The Labute approximate surface area is 103 Å². The predicted molar refractivity (Wildman–Crippen MR) is 65.9 cm³/mol. The summed E-state index contributed by atoms with van der Waals surface area (Å²) in [6, 6.07) is 0. The molecule has 0 unspecified atom stereocenters. The molecule has 0 spiro atoms. The molecule has 0 aromatic carbocycles. The fourth-order valence-electron chi connectivity index (χ4n) is 2.41. The lowest BCUT2D eigenvalue weighted by atomic mass is 9.80. The largest absolute Gasteiger partial charge is 0.376 e. The van der Waals surface area contributed by atoms with Crippen molar-refractivity contribution in [3.8, 4) is 0 Å². The zero-order valence-electron chi connectivity index (χ0n) is 10.6. The summed E-state index contributed by atoms with van der Waals surface area (Å²) < 4.78 is 5.48. The summed E-state index contributed by atoms with van der Waals surface area (Å²) in [6.45, 7) is 5.06. The molecule has 98 valence electrons. The summed E-state index contributed by atoms with van der Waals surface area (Å²) in [4.78, 5) is 14.0. The van der Waals surface area contributed by atoms with Gasteiger partial charge in [0.05, 0.1) is 12.1 Å². The molecule has 2 aliphatic rings. The van der Waals surface area contributed by atoms with E-state index in [1.54, 1.807) is 7.11 Å². The Bertz CT molecular complexity index is 255. The van der Waals surface area contributed by atoms with Crippen LogP contribution in [0.4, 0.5) is 0 Å². The van der Waals surface area contributed by atoms with E-state index in [4.69, 9.17) is 4.74 Å². The molecule has 2 N–H and O–H groups in total. The number of methoxy groups -OCH3 is 1. The van der Waals surface area contributed by atoms with E-state index in [0.29, 0.717) is 13.1 Å². The van der Waals surface area contributed by atoms with Crippen LogP contribution in [0.2, 0.25) is 0 Å². The van der Waals surface area contributed by atoms with Crippen LogP contribution < -0.4 is 10.6 Å². The molecule has 0 atom stereocenters. The van der Waals surface area contributed by atoms with Crippen molar-refractivity contribution in [2.45, 2.75) is 24.9 Å². The van der Waals surface area contributed by atoms with Crippen molar-refractivity contribution in [3.05, 3.63) is 0 Å². The second-order valence-corrected chi connectivity index (χ2v) is 5.04. The number of ether oxygens (including phenoxy) is 1. The van der Waals surface area contributed by atoms with Crippen molar-refractivity contribution in [2.75, 3.05) is 46.4 Å². The van der Waals surface area contributed by atoms with Crippen molar-refractivity contribution < 1.29 is 9.53 Å². The lowest BCUT2D eigenvalue weighted by molar-refractivity contribution is -0.126. The molecular formula is C12H23N3O2. The van der Waals surface area contributed by atoms with Gasteiger partial charge in [0.15, 0.2) is 0 Å².